The van der Waals surface area contributed by atoms with E-state index in [1.165, 1.54) is 44.1 Å². The second-order valence-electron chi connectivity index (χ2n) is 4.89. The first-order valence-electron chi connectivity index (χ1n) is 6.46. The van der Waals surface area contributed by atoms with Crippen LogP contribution in [0.4, 0.5) is 0 Å². The topological polar surface area (TPSA) is 9.23 Å². The first-order valence-corrected chi connectivity index (χ1v) is 6.46. The van der Waals surface area contributed by atoms with Crippen molar-refractivity contribution in [2.75, 3.05) is 7.11 Å². The summed E-state index contributed by atoms with van der Waals surface area (Å²) in [6.07, 6.45) is 8.01. The van der Waals surface area contributed by atoms with Gasteiger partial charge in [-0.15, -0.1) is 0 Å². The number of benzene rings is 1. The first-order chi connectivity index (χ1) is 7.82. The van der Waals surface area contributed by atoms with Crippen LogP contribution in [0.3, 0.4) is 0 Å². The van der Waals surface area contributed by atoms with Gasteiger partial charge >= 0.3 is 0 Å². The summed E-state index contributed by atoms with van der Waals surface area (Å²) in [5.41, 5.74) is 1.81. The van der Waals surface area contributed by atoms with Crippen LogP contribution in [0.1, 0.15) is 51.0 Å². The molecule has 0 aliphatic heterocycles. The highest BCUT2D eigenvalue weighted by Gasteiger charge is 2.34. The van der Waals surface area contributed by atoms with Gasteiger partial charge in [-0.3, -0.25) is 0 Å². The molecule has 2 rings (SSSR count). The van der Waals surface area contributed by atoms with E-state index in [9.17, 15) is 0 Å². The second-order valence-corrected chi connectivity index (χ2v) is 4.89. The van der Waals surface area contributed by atoms with Crippen LogP contribution in [0.25, 0.3) is 0 Å². The highest BCUT2D eigenvalue weighted by molar-refractivity contribution is 5.40. The lowest BCUT2D eigenvalue weighted by molar-refractivity contribution is 0.272. The quantitative estimate of drug-likeness (QED) is 0.734. The predicted octanol–water partition coefficient (Wildman–Crippen LogP) is 4.31. The number of para-hydroxylation sites is 1. The third-order valence-electron chi connectivity index (χ3n) is 4.17. The minimum atomic E-state index is 0.380. The van der Waals surface area contributed by atoms with Crippen molar-refractivity contribution < 1.29 is 4.74 Å². The van der Waals surface area contributed by atoms with Crippen molar-refractivity contribution >= 4 is 0 Å². The van der Waals surface area contributed by atoms with E-state index >= 15 is 0 Å². The zero-order valence-electron chi connectivity index (χ0n) is 10.5. The number of hydrogen-bond acceptors (Lipinski definition) is 1. The third-order valence-corrected chi connectivity index (χ3v) is 4.17. The van der Waals surface area contributed by atoms with Crippen LogP contribution in [0.5, 0.6) is 5.75 Å². The Bertz CT molecular complexity index is 337. The van der Waals surface area contributed by atoms with Crippen molar-refractivity contribution in [1.29, 1.82) is 0 Å². The van der Waals surface area contributed by atoms with Crippen LogP contribution >= 0.6 is 0 Å². The molecular formula is C15H22O. The summed E-state index contributed by atoms with van der Waals surface area (Å²) in [5, 5.41) is 0. The van der Waals surface area contributed by atoms with Gasteiger partial charge in [-0.2, -0.15) is 0 Å². The van der Waals surface area contributed by atoms with Crippen LogP contribution < -0.4 is 4.74 Å². The van der Waals surface area contributed by atoms with Gasteiger partial charge in [0.05, 0.1) is 7.11 Å². The van der Waals surface area contributed by atoms with Crippen LogP contribution in [-0.4, -0.2) is 7.11 Å². The summed E-state index contributed by atoms with van der Waals surface area (Å²) in [7, 11) is 1.78. The van der Waals surface area contributed by atoms with Crippen LogP contribution in [0, 0.1) is 0 Å². The van der Waals surface area contributed by atoms with Crippen molar-refractivity contribution in [3.05, 3.63) is 29.8 Å². The van der Waals surface area contributed by atoms with Crippen molar-refractivity contribution in [3.8, 4) is 5.75 Å². The number of hydrogen-bond donors (Lipinski definition) is 0. The summed E-state index contributed by atoms with van der Waals surface area (Å²) >= 11 is 0. The van der Waals surface area contributed by atoms with Gasteiger partial charge in [0.15, 0.2) is 0 Å². The first kappa shape index (κ1) is 11.5. The maximum Gasteiger partial charge on any atom is 0.122 e. The third kappa shape index (κ3) is 1.95. The van der Waals surface area contributed by atoms with Gasteiger partial charge in [0.2, 0.25) is 0 Å². The van der Waals surface area contributed by atoms with Crippen molar-refractivity contribution in [3.63, 3.8) is 0 Å². The minimum absolute atomic E-state index is 0.380. The van der Waals surface area contributed by atoms with Crippen LogP contribution in [0.15, 0.2) is 24.3 Å². The van der Waals surface area contributed by atoms with Gasteiger partial charge in [0.25, 0.3) is 0 Å². The van der Waals surface area contributed by atoms with E-state index in [0.717, 1.165) is 5.75 Å². The molecule has 1 aromatic carbocycles. The Labute approximate surface area is 98.8 Å². The highest BCUT2D eigenvalue weighted by Crippen LogP contribution is 2.45. The molecule has 0 N–H and O–H groups in total. The SMILES string of the molecule is CCC1(c2ccccc2OC)CCCCC1. The molecule has 0 heterocycles. The lowest BCUT2D eigenvalue weighted by Gasteiger charge is -2.38. The molecule has 1 aliphatic rings. The molecule has 0 bridgehead atoms. The molecule has 0 aromatic heterocycles. The molecule has 0 amide bonds. The molecule has 1 heteroatoms. The van der Waals surface area contributed by atoms with E-state index < -0.39 is 0 Å². The summed E-state index contributed by atoms with van der Waals surface area (Å²) in [5.74, 6) is 1.08. The fourth-order valence-electron chi connectivity index (χ4n) is 3.12. The largest absolute Gasteiger partial charge is 0.496 e. The Morgan fingerprint density at radius 1 is 1.12 bits per heavy atom. The molecule has 16 heavy (non-hydrogen) atoms. The molecule has 1 aromatic rings. The Morgan fingerprint density at radius 3 is 2.44 bits per heavy atom. The summed E-state index contributed by atoms with van der Waals surface area (Å²) in [6.45, 7) is 2.32. The molecule has 0 atom stereocenters. The smallest absolute Gasteiger partial charge is 0.122 e. The van der Waals surface area contributed by atoms with E-state index in [4.69, 9.17) is 4.74 Å². The fourth-order valence-corrected chi connectivity index (χ4v) is 3.12. The lowest BCUT2D eigenvalue weighted by atomic mass is 9.67. The number of methoxy groups -OCH3 is 1. The molecule has 0 radical (unpaired) electrons. The molecule has 88 valence electrons. The van der Waals surface area contributed by atoms with Crippen LogP contribution in [0.2, 0.25) is 0 Å². The minimum Gasteiger partial charge on any atom is -0.496 e. The lowest BCUT2D eigenvalue weighted by Crippen LogP contribution is -2.28. The van der Waals surface area contributed by atoms with Gasteiger partial charge in [-0.05, 0) is 30.7 Å². The average molecular weight is 218 g/mol. The molecule has 1 aliphatic carbocycles. The van der Waals surface area contributed by atoms with Crippen molar-refractivity contribution in [2.45, 2.75) is 50.9 Å². The Balaban J connectivity index is 2.38. The molecule has 0 unspecified atom stereocenters. The molecule has 1 nitrogen and oxygen atoms in total. The summed E-state index contributed by atoms with van der Waals surface area (Å²) < 4.78 is 5.53. The summed E-state index contributed by atoms with van der Waals surface area (Å²) in [4.78, 5) is 0. The fraction of sp³-hybridized carbons (Fsp3) is 0.600. The van der Waals surface area contributed by atoms with Gasteiger partial charge in [-0.25, -0.2) is 0 Å². The van der Waals surface area contributed by atoms with E-state index in [2.05, 4.69) is 31.2 Å². The Kier molecular flexibility index (Phi) is 3.52. The molecule has 0 saturated heterocycles. The number of ether oxygens (including phenoxy) is 1. The van der Waals surface area contributed by atoms with Gasteiger partial charge in [-0.1, -0.05) is 44.4 Å². The standard InChI is InChI=1S/C15H22O/c1-3-15(11-7-4-8-12-15)13-9-5-6-10-14(13)16-2/h5-6,9-10H,3-4,7-8,11-12H2,1-2H3. The highest BCUT2D eigenvalue weighted by atomic mass is 16.5. The van der Waals surface area contributed by atoms with E-state index in [1.54, 1.807) is 7.11 Å². The Hall–Kier alpha value is -0.980. The van der Waals surface area contributed by atoms with Crippen molar-refractivity contribution in [2.24, 2.45) is 0 Å². The molecule has 1 fully saturated rings. The normalized spacial score (nSPS) is 19.4. The van der Waals surface area contributed by atoms with Gasteiger partial charge in [0, 0.05) is 5.56 Å². The second kappa shape index (κ2) is 4.90. The van der Waals surface area contributed by atoms with E-state index in [0.29, 0.717) is 5.41 Å². The van der Waals surface area contributed by atoms with E-state index in [-0.39, 0.29) is 0 Å². The number of rotatable bonds is 3. The van der Waals surface area contributed by atoms with Crippen molar-refractivity contribution in [1.82, 2.24) is 0 Å². The maximum absolute atomic E-state index is 5.53. The monoisotopic (exact) mass is 218 g/mol. The Morgan fingerprint density at radius 2 is 1.81 bits per heavy atom. The van der Waals surface area contributed by atoms with E-state index in [1.807, 2.05) is 0 Å². The van der Waals surface area contributed by atoms with Gasteiger partial charge in [0.1, 0.15) is 5.75 Å². The zero-order chi connectivity index (χ0) is 11.4. The zero-order valence-corrected chi connectivity index (χ0v) is 10.5. The predicted molar refractivity (Wildman–Crippen MR) is 68.0 cm³/mol. The van der Waals surface area contributed by atoms with Crippen LogP contribution in [-0.2, 0) is 5.41 Å². The van der Waals surface area contributed by atoms with Gasteiger partial charge < -0.3 is 4.74 Å². The molecule has 1 saturated carbocycles. The molecular weight excluding hydrogens is 196 g/mol. The molecule has 0 spiro atoms. The maximum atomic E-state index is 5.53. The summed E-state index contributed by atoms with van der Waals surface area (Å²) in [6, 6.07) is 8.56. The average Bonchev–Trinajstić information content (AvgIpc) is 2.39.